The molecule has 0 atom stereocenters. The molecule has 4 aromatic carbocycles. The Labute approximate surface area is 191 Å². The summed E-state index contributed by atoms with van der Waals surface area (Å²) in [7, 11) is -6.53. The number of benzene rings is 4. The van der Waals surface area contributed by atoms with Gasteiger partial charge in [0.15, 0.2) is 14.3 Å². The van der Waals surface area contributed by atoms with Crippen LogP contribution >= 0.6 is 14.3 Å². The average Bonchev–Trinajstić information content (AvgIpc) is 2.88. The van der Waals surface area contributed by atoms with Crippen molar-refractivity contribution in [2.45, 2.75) is 25.2 Å². The van der Waals surface area contributed by atoms with Crippen molar-refractivity contribution < 1.29 is 9.13 Å². The van der Waals surface area contributed by atoms with Crippen LogP contribution in [-0.2, 0) is 9.13 Å². The molecule has 162 valence electrons. The van der Waals surface area contributed by atoms with Crippen molar-refractivity contribution in [3.63, 3.8) is 0 Å². The Morgan fingerprint density at radius 2 is 0.750 bits per heavy atom. The van der Waals surface area contributed by atoms with Crippen LogP contribution in [0.3, 0.4) is 0 Å². The first-order chi connectivity index (χ1) is 15.6. The van der Waals surface area contributed by atoms with E-state index in [9.17, 15) is 0 Å². The second kappa shape index (κ2) is 9.86. The molecule has 0 saturated heterocycles. The van der Waals surface area contributed by atoms with E-state index in [0.29, 0.717) is 6.42 Å². The summed E-state index contributed by atoms with van der Waals surface area (Å²) >= 11 is 0. The van der Waals surface area contributed by atoms with Crippen molar-refractivity contribution in [3.8, 4) is 0 Å². The minimum Gasteiger partial charge on any atom is -0.313 e. The molecule has 0 aliphatic rings. The van der Waals surface area contributed by atoms with Gasteiger partial charge >= 0.3 is 0 Å². The fourth-order valence-corrected chi connectivity index (χ4v) is 13.5. The van der Waals surface area contributed by atoms with E-state index in [4.69, 9.17) is 0 Å². The molecule has 0 aliphatic heterocycles. The van der Waals surface area contributed by atoms with Gasteiger partial charge in [0.2, 0.25) is 0 Å². The highest BCUT2D eigenvalue weighted by Crippen LogP contribution is 2.67. The molecule has 0 bridgehead atoms. The molecule has 0 radical (unpaired) electrons. The van der Waals surface area contributed by atoms with Gasteiger partial charge in [-0.2, -0.15) is 0 Å². The summed E-state index contributed by atoms with van der Waals surface area (Å²) in [5.41, 5.74) is 0. The molecule has 0 saturated carbocycles. The van der Waals surface area contributed by atoms with Crippen molar-refractivity contribution in [2.24, 2.45) is 0 Å². The van der Waals surface area contributed by atoms with Gasteiger partial charge in [-0.25, -0.2) is 0 Å². The SMILES string of the molecule is CCCC(P(=O)(c1ccccc1)c1ccccc1)P(=O)(c1ccccc1)c1ccccc1. The van der Waals surface area contributed by atoms with E-state index in [1.807, 2.05) is 121 Å². The fraction of sp³-hybridized carbons (Fsp3) is 0.143. The maximum atomic E-state index is 15.3. The van der Waals surface area contributed by atoms with Gasteiger partial charge in [0, 0.05) is 21.2 Å². The van der Waals surface area contributed by atoms with E-state index in [1.54, 1.807) is 0 Å². The predicted octanol–water partition coefficient (Wildman–Crippen LogP) is 6.14. The van der Waals surface area contributed by atoms with E-state index in [1.165, 1.54) is 0 Å². The molecule has 4 aromatic rings. The molecular weight excluding hydrogens is 430 g/mol. The number of hydrogen-bond donors (Lipinski definition) is 0. The van der Waals surface area contributed by atoms with Gasteiger partial charge < -0.3 is 9.13 Å². The van der Waals surface area contributed by atoms with Gasteiger partial charge in [-0.05, 0) is 6.42 Å². The van der Waals surface area contributed by atoms with E-state index in [0.717, 1.165) is 27.6 Å². The standard InChI is InChI=1S/C28H28O2P2/c1-2-15-28(31(29,24-16-7-3-8-17-24)25-18-9-4-10-19-25)32(30,26-20-11-5-12-21-26)27-22-13-6-14-23-27/h3-14,16-23,28H,2,15H2,1H3. The number of hydrogen-bond acceptors (Lipinski definition) is 2. The molecule has 2 nitrogen and oxygen atoms in total. The minimum absolute atomic E-state index is 0.533. The summed E-state index contributed by atoms with van der Waals surface area (Å²) < 4.78 is 30.7. The largest absolute Gasteiger partial charge is 0.313 e. The van der Waals surface area contributed by atoms with E-state index >= 15 is 9.13 Å². The Morgan fingerprint density at radius 1 is 0.500 bits per heavy atom. The first-order valence-electron chi connectivity index (χ1n) is 11.0. The molecule has 32 heavy (non-hydrogen) atoms. The van der Waals surface area contributed by atoms with Gasteiger partial charge in [0.25, 0.3) is 0 Å². The molecule has 4 heteroatoms. The molecule has 0 amide bonds. The molecule has 0 aliphatic carbocycles. The van der Waals surface area contributed by atoms with Crippen molar-refractivity contribution in [2.75, 3.05) is 0 Å². The lowest BCUT2D eigenvalue weighted by atomic mass is 10.4. The first-order valence-corrected chi connectivity index (χ1v) is 14.6. The van der Waals surface area contributed by atoms with Gasteiger partial charge in [-0.3, -0.25) is 0 Å². The lowest BCUT2D eigenvalue weighted by Crippen LogP contribution is -2.32. The van der Waals surface area contributed by atoms with Gasteiger partial charge in [0.05, 0.1) is 5.40 Å². The molecular formula is C28H28O2P2. The molecule has 0 unspecified atom stereocenters. The summed E-state index contributed by atoms with van der Waals surface area (Å²) in [6, 6.07) is 38.5. The summed E-state index contributed by atoms with van der Waals surface area (Å²) in [4.78, 5) is 0. The Bertz CT molecular complexity index is 1040. The third-order valence-corrected chi connectivity index (χ3v) is 14.4. The average molecular weight is 458 g/mol. The monoisotopic (exact) mass is 458 g/mol. The van der Waals surface area contributed by atoms with Crippen LogP contribution in [0.15, 0.2) is 121 Å². The normalized spacial score (nSPS) is 12.1. The summed E-state index contributed by atoms with van der Waals surface area (Å²) in [6.07, 6.45) is 1.39. The fourth-order valence-electron chi connectivity index (χ4n) is 4.44. The topological polar surface area (TPSA) is 34.1 Å². The lowest BCUT2D eigenvalue weighted by molar-refractivity contribution is 0.568. The van der Waals surface area contributed by atoms with Crippen molar-refractivity contribution in [1.29, 1.82) is 0 Å². The second-order valence-corrected chi connectivity index (χ2v) is 14.3. The maximum absolute atomic E-state index is 15.3. The molecule has 0 N–H and O–H groups in total. The van der Waals surface area contributed by atoms with Crippen molar-refractivity contribution >= 4 is 35.5 Å². The van der Waals surface area contributed by atoms with E-state index in [-0.39, 0.29) is 0 Å². The zero-order valence-electron chi connectivity index (χ0n) is 18.2. The number of rotatable bonds is 8. The zero-order chi connectivity index (χ0) is 22.4. The maximum Gasteiger partial charge on any atom is 0.153 e. The lowest BCUT2D eigenvalue weighted by Gasteiger charge is -2.35. The Hall–Kier alpha value is -2.66. The zero-order valence-corrected chi connectivity index (χ0v) is 20.0. The highest BCUT2D eigenvalue weighted by atomic mass is 31.2. The molecule has 4 rings (SSSR count). The van der Waals surface area contributed by atoms with Crippen molar-refractivity contribution in [1.82, 2.24) is 0 Å². The van der Waals surface area contributed by atoms with Gasteiger partial charge in [0.1, 0.15) is 0 Å². The highest BCUT2D eigenvalue weighted by Gasteiger charge is 2.48. The Kier molecular flexibility index (Phi) is 6.95. The smallest absolute Gasteiger partial charge is 0.153 e. The van der Waals surface area contributed by atoms with E-state index < -0.39 is 19.7 Å². The Balaban J connectivity index is 2.06. The van der Waals surface area contributed by atoms with Gasteiger partial charge in [-0.15, -0.1) is 0 Å². The quantitative estimate of drug-likeness (QED) is 0.297. The first kappa shape index (κ1) is 22.5. The van der Waals surface area contributed by atoms with Crippen LogP contribution in [-0.4, -0.2) is 5.40 Å². The highest BCUT2D eigenvalue weighted by molar-refractivity contribution is 7.95. The van der Waals surface area contributed by atoms with Crippen molar-refractivity contribution in [3.05, 3.63) is 121 Å². The van der Waals surface area contributed by atoms with Crippen LogP contribution in [0.2, 0.25) is 0 Å². The summed E-state index contributed by atoms with van der Waals surface area (Å²) in [6.45, 7) is 2.08. The minimum atomic E-state index is -3.27. The van der Waals surface area contributed by atoms with Gasteiger partial charge in [-0.1, -0.05) is 135 Å². The molecule has 0 spiro atoms. The predicted molar refractivity (Wildman–Crippen MR) is 138 cm³/mol. The van der Waals surface area contributed by atoms with Crippen LogP contribution in [0.5, 0.6) is 0 Å². The van der Waals surface area contributed by atoms with Crippen LogP contribution in [0.1, 0.15) is 19.8 Å². The summed E-state index contributed by atoms with van der Waals surface area (Å²) in [5, 5.41) is 2.51. The van der Waals surface area contributed by atoms with Crippen LogP contribution in [0.25, 0.3) is 0 Å². The second-order valence-electron chi connectivity index (χ2n) is 7.93. The third kappa shape index (κ3) is 4.06. The van der Waals surface area contributed by atoms with Crippen LogP contribution in [0.4, 0.5) is 0 Å². The Morgan fingerprint density at radius 3 is 0.969 bits per heavy atom. The van der Waals surface area contributed by atoms with Crippen LogP contribution in [0, 0.1) is 0 Å². The van der Waals surface area contributed by atoms with E-state index in [2.05, 4.69) is 6.92 Å². The van der Waals surface area contributed by atoms with Crippen LogP contribution < -0.4 is 21.2 Å². The summed E-state index contributed by atoms with van der Waals surface area (Å²) in [5.74, 6) is 0. The molecule has 0 heterocycles. The third-order valence-electron chi connectivity index (χ3n) is 5.95. The molecule has 0 aromatic heterocycles. The molecule has 0 fully saturated rings.